The lowest BCUT2D eigenvalue weighted by Gasteiger charge is -2.38. The maximum atomic E-state index is 3.38. The molecule has 2 rings (SSSR count). The van der Waals surface area contributed by atoms with E-state index >= 15 is 0 Å². The van der Waals surface area contributed by atoms with Crippen molar-refractivity contribution in [3.63, 3.8) is 0 Å². The molecule has 0 saturated carbocycles. The first-order chi connectivity index (χ1) is 9.32. The van der Waals surface area contributed by atoms with E-state index in [0.717, 1.165) is 32.2 Å². The Kier molecular flexibility index (Phi) is 4.55. The summed E-state index contributed by atoms with van der Waals surface area (Å²) in [6, 6.07) is 5.49. The van der Waals surface area contributed by atoms with Crippen molar-refractivity contribution in [1.29, 1.82) is 0 Å². The number of rotatable bonds is 4. The molecule has 0 bridgehead atoms. The highest BCUT2D eigenvalue weighted by atomic mass is 15.2. The highest BCUT2D eigenvalue weighted by Crippen LogP contribution is 2.28. The van der Waals surface area contributed by atoms with Crippen molar-refractivity contribution in [3.05, 3.63) is 34.4 Å². The molecule has 2 heteroatoms. The van der Waals surface area contributed by atoms with Crippen LogP contribution in [-0.4, -0.2) is 30.6 Å². The van der Waals surface area contributed by atoms with Gasteiger partial charge in [-0.15, -0.1) is 0 Å². The second-order valence-corrected chi connectivity index (χ2v) is 7.21. The van der Waals surface area contributed by atoms with E-state index in [-0.39, 0.29) is 5.41 Å². The van der Waals surface area contributed by atoms with E-state index in [1.807, 2.05) is 0 Å². The van der Waals surface area contributed by atoms with Crippen LogP contribution in [0.5, 0.6) is 0 Å². The third kappa shape index (κ3) is 3.24. The summed E-state index contributed by atoms with van der Waals surface area (Å²) in [5.74, 6) is 0. The number of nitrogens with zero attached hydrogens (tertiary/aromatic N) is 1. The van der Waals surface area contributed by atoms with Gasteiger partial charge in [-0.2, -0.15) is 0 Å². The maximum absolute atomic E-state index is 3.38. The van der Waals surface area contributed by atoms with Gasteiger partial charge in [0.25, 0.3) is 0 Å². The zero-order valence-electron chi connectivity index (χ0n) is 14.0. The van der Waals surface area contributed by atoms with E-state index in [1.54, 1.807) is 0 Å². The molecule has 1 aromatic rings. The number of benzene rings is 1. The van der Waals surface area contributed by atoms with Crippen molar-refractivity contribution in [3.8, 4) is 0 Å². The van der Waals surface area contributed by atoms with Crippen molar-refractivity contribution in [1.82, 2.24) is 10.2 Å². The van der Waals surface area contributed by atoms with E-state index in [2.05, 4.69) is 63.9 Å². The van der Waals surface area contributed by atoms with Crippen molar-refractivity contribution in [2.24, 2.45) is 0 Å². The van der Waals surface area contributed by atoms with Gasteiger partial charge in [-0.1, -0.05) is 39.8 Å². The molecule has 1 fully saturated rings. The fourth-order valence-corrected chi connectivity index (χ4v) is 2.91. The zero-order chi connectivity index (χ0) is 14.9. The SMILES string of the molecule is CCN(Cc1c(C)cc(C(C)(C)C)cc1C)C1CNC1. The van der Waals surface area contributed by atoms with Crippen molar-refractivity contribution < 1.29 is 0 Å². The molecule has 1 N–H and O–H groups in total. The molecule has 1 aliphatic heterocycles. The number of likely N-dealkylation sites (N-methyl/N-ethyl adjacent to an activating group) is 1. The van der Waals surface area contributed by atoms with Gasteiger partial charge in [0.05, 0.1) is 0 Å². The van der Waals surface area contributed by atoms with E-state index in [4.69, 9.17) is 0 Å². The lowest BCUT2D eigenvalue weighted by molar-refractivity contribution is 0.145. The Hall–Kier alpha value is -0.860. The van der Waals surface area contributed by atoms with E-state index in [0.29, 0.717) is 0 Å². The first kappa shape index (κ1) is 15.5. The minimum absolute atomic E-state index is 0.233. The molecule has 0 radical (unpaired) electrons. The number of hydrogen-bond acceptors (Lipinski definition) is 2. The van der Waals surface area contributed by atoms with Crippen LogP contribution < -0.4 is 5.32 Å². The fourth-order valence-electron chi connectivity index (χ4n) is 2.91. The van der Waals surface area contributed by atoms with Crippen LogP contribution in [0, 0.1) is 13.8 Å². The van der Waals surface area contributed by atoms with Crippen LogP contribution in [0.4, 0.5) is 0 Å². The molecule has 2 nitrogen and oxygen atoms in total. The summed E-state index contributed by atoms with van der Waals surface area (Å²) >= 11 is 0. The van der Waals surface area contributed by atoms with Gasteiger partial charge in [-0.05, 0) is 48.1 Å². The van der Waals surface area contributed by atoms with Crippen LogP contribution in [-0.2, 0) is 12.0 Å². The highest BCUT2D eigenvalue weighted by Gasteiger charge is 2.24. The van der Waals surface area contributed by atoms with Crippen LogP contribution in [0.1, 0.15) is 49.9 Å². The zero-order valence-corrected chi connectivity index (χ0v) is 14.0. The summed E-state index contributed by atoms with van der Waals surface area (Å²) in [7, 11) is 0. The second-order valence-electron chi connectivity index (χ2n) is 7.21. The van der Waals surface area contributed by atoms with Crippen LogP contribution in [0.2, 0.25) is 0 Å². The quantitative estimate of drug-likeness (QED) is 0.905. The molecule has 0 aliphatic carbocycles. The van der Waals surface area contributed by atoms with Crippen LogP contribution in [0.25, 0.3) is 0 Å². The summed E-state index contributed by atoms with van der Waals surface area (Å²) in [6.45, 7) is 18.2. The third-order valence-corrected chi connectivity index (χ3v) is 4.61. The molecule has 20 heavy (non-hydrogen) atoms. The Morgan fingerprint density at radius 3 is 2.05 bits per heavy atom. The molecule has 0 unspecified atom stereocenters. The Morgan fingerprint density at radius 2 is 1.70 bits per heavy atom. The summed E-state index contributed by atoms with van der Waals surface area (Å²) < 4.78 is 0. The monoisotopic (exact) mass is 274 g/mol. The van der Waals surface area contributed by atoms with Crippen molar-refractivity contribution >= 4 is 0 Å². The molecule has 1 aromatic carbocycles. The topological polar surface area (TPSA) is 15.3 Å². The molecule has 1 aliphatic rings. The minimum atomic E-state index is 0.233. The Morgan fingerprint density at radius 1 is 1.15 bits per heavy atom. The number of hydrogen-bond donors (Lipinski definition) is 1. The van der Waals surface area contributed by atoms with E-state index < -0.39 is 0 Å². The smallest absolute Gasteiger partial charge is 0.0348 e. The molecule has 1 saturated heterocycles. The molecule has 0 atom stereocenters. The predicted molar refractivity (Wildman–Crippen MR) is 87.4 cm³/mol. The van der Waals surface area contributed by atoms with Crippen LogP contribution in [0.15, 0.2) is 12.1 Å². The van der Waals surface area contributed by atoms with Crippen LogP contribution in [0.3, 0.4) is 0 Å². The summed E-state index contributed by atoms with van der Waals surface area (Å²) in [4.78, 5) is 2.60. The van der Waals surface area contributed by atoms with Gasteiger partial charge in [0.2, 0.25) is 0 Å². The van der Waals surface area contributed by atoms with Crippen LogP contribution >= 0.6 is 0 Å². The third-order valence-electron chi connectivity index (χ3n) is 4.61. The molecular weight excluding hydrogens is 244 g/mol. The summed E-state index contributed by atoms with van der Waals surface area (Å²) in [6.07, 6.45) is 0. The molecule has 1 heterocycles. The average Bonchev–Trinajstić information content (AvgIpc) is 2.28. The van der Waals surface area contributed by atoms with E-state index in [1.165, 1.54) is 22.3 Å². The maximum Gasteiger partial charge on any atom is 0.0348 e. The molecular formula is C18H30N2. The first-order valence-corrected chi connectivity index (χ1v) is 7.88. The van der Waals surface area contributed by atoms with Crippen molar-refractivity contribution in [2.45, 2.75) is 59.5 Å². The first-order valence-electron chi connectivity index (χ1n) is 7.88. The summed E-state index contributed by atoms with van der Waals surface area (Å²) in [5, 5.41) is 3.38. The lowest BCUT2D eigenvalue weighted by Crippen LogP contribution is -2.56. The fraction of sp³-hybridized carbons (Fsp3) is 0.667. The Balaban J connectivity index is 2.23. The minimum Gasteiger partial charge on any atom is -0.314 e. The van der Waals surface area contributed by atoms with Gasteiger partial charge in [-0.3, -0.25) is 4.90 Å². The predicted octanol–water partition coefficient (Wildman–Crippen LogP) is 3.39. The number of nitrogens with one attached hydrogen (secondary N) is 1. The van der Waals surface area contributed by atoms with Gasteiger partial charge < -0.3 is 5.32 Å². The van der Waals surface area contributed by atoms with Gasteiger partial charge in [0, 0.05) is 25.7 Å². The average molecular weight is 274 g/mol. The second kappa shape index (κ2) is 5.87. The molecule has 0 aromatic heterocycles. The highest BCUT2D eigenvalue weighted by molar-refractivity contribution is 5.40. The standard InChI is InChI=1S/C18H30N2/c1-7-20(16-10-19-11-16)12-17-13(2)8-15(9-14(17)3)18(4,5)6/h8-9,16,19H,7,10-12H2,1-6H3. The largest absolute Gasteiger partial charge is 0.314 e. The Labute approximate surface area is 124 Å². The lowest BCUT2D eigenvalue weighted by atomic mass is 9.83. The van der Waals surface area contributed by atoms with E-state index in [9.17, 15) is 0 Å². The van der Waals surface area contributed by atoms with Gasteiger partial charge in [0.1, 0.15) is 0 Å². The molecule has 0 amide bonds. The summed E-state index contributed by atoms with van der Waals surface area (Å²) in [5.41, 5.74) is 6.09. The molecule has 0 spiro atoms. The van der Waals surface area contributed by atoms with Gasteiger partial charge in [0.15, 0.2) is 0 Å². The normalized spacial score (nSPS) is 16.6. The van der Waals surface area contributed by atoms with Gasteiger partial charge in [-0.25, -0.2) is 0 Å². The Bertz CT molecular complexity index is 444. The van der Waals surface area contributed by atoms with Gasteiger partial charge >= 0.3 is 0 Å². The molecule has 112 valence electrons. The number of aryl methyl sites for hydroxylation is 2. The van der Waals surface area contributed by atoms with Crippen molar-refractivity contribution in [2.75, 3.05) is 19.6 Å².